The first-order valence-corrected chi connectivity index (χ1v) is 12.9. The first-order valence-electron chi connectivity index (χ1n) is 11.3. The van der Waals surface area contributed by atoms with E-state index in [-0.39, 0.29) is 18.8 Å². The summed E-state index contributed by atoms with van der Waals surface area (Å²) in [5.41, 5.74) is 0.329. The number of carbonyl (C=O) groups is 2. The zero-order valence-electron chi connectivity index (χ0n) is 19.7. The second kappa shape index (κ2) is 10.0. The summed E-state index contributed by atoms with van der Waals surface area (Å²) in [5.74, 6) is -1.67. The second-order valence-electron chi connectivity index (χ2n) is 8.06. The molecule has 182 valence electrons. The summed E-state index contributed by atoms with van der Waals surface area (Å²) in [7, 11) is -2.22. The van der Waals surface area contributed by atoms with Gasteiger partial charge in [-0.15, -0.1) is 0 Å². The molecule has 3 aromatic carbocycles. The van der Waals surface area contributed by atoms with E-state index in [1.54, 1.807) is 43.8 Å². The Morgan fingerprint density at radius 1 is 1.00 bits per heavy atom. The lowest BCUT2D eigenvalue weighted by atomic mass is 10.1. The van der Waals surface area contributed by atoms with Crippen LogP contribution in [-0.2, 0) is 25.5 Å². The van der Waals surface area contributed by atoms with Crippen LogP contribution >= 0.6 is 7.60 Å². The van der Waals surface area contributed by atoms with E-state index in [4.69, 9.17) is 9.05 Å². The van der Waals surface area contributed by atoms with Crippen LogP contribution < -0.4 is 5.32 Å². The Hall–Kier alpha value is -3.45. The van der Waals surface area contributed by atoms with Crippen LogP contribution in [0.15, 0.2) is 66.9 Å². The average molecular weight is 494 g/mol. The topological polar surface area (TPSA) is 107 Å². The summed E-state index contributed by atoms with van der Waals surface area (Å²) in [6.45, 7) is 3.50. The molecule has 0 aliphatic carbocycles. The van der Waals surface area contributed by atoms with Gasteiger partial charge in [-0.2, -0.15) is 0 Å². The van der Waals surface area contributed by atoms with Crippen molar-refractivity contribution in [1.29, 1.82) is 0 Å². The molecular formula is C26H27N2O6P. The van der Waals surface area contributed by atoms with Gasteiger partial charge in [-0.3, -0.25) is 9.36 Å². The molecule has 1 amide bonds. The van der Waals surface area contributed by atoms with Crippen LogP contribution in [0.25, 0.3) is 21.7 Å². The van der Waals surface area contributed by atoms with Crippen molar-refractivity contribution in [3.05, 3.63) is 78.0 Å². The third-order valence-corrected chi connectivity index (χ3v) is 8.14. The monoisotopic (exact) mass is 494 g/mol. The molecule has 4 aromatic rings. The van der Waals surface area contributed by atoms with E-state index in [2.05, 4.69) is 5.32 Å². The van der Waals surface area contributed by atoms with Gasteiger partial charge in [0.05, 0.1) is 18.8 Å². The lowest BCUT2D eigenvalue weighted by molar-refractivity contribution is -0.116. The van der Waals surface area contributed by atoms with Crippen molar-refractivity contribution in [1.82, 2.24) is 4.57 Å². The molecule has 8 nitrogen and oxygen atoms in total. The number of hydrogen-bond acceptors (Lipinski definition) is 5. The van der Waals surface area contributed by atoms with Gasteiger partial charge in [0.2, 0.25) is 5.91 Å². The molecule has 0 saturated carbocycles. The van der Waals surface area contributed by atoms with Crippen molar-refractivity contribution >= 4 is 46.8 Å². The quantitative estimate of drug-likeness (QED) is 0.278. The Morgan fingerprint density at radius 2 is 1.69 bits per heavy atom. The largest absolute Gasteiger partial charge is 0.478 e. The number of rotatable bonds is 9. The van der Waals surface area contributed by atoms with E-state index in [0.29, 0.717) is 22.2 Å². The minimum atomic E-state index is -4.00. The van der Waals surface area contributed by atoms with Crippen LogP contribution in [0.4, 0.5) is 5.69 Å². The fourth-order valence-electron chi connectivity index (χ4n) is 4.25. The Balaban J connectivity index is 1.85. The molecule has 2 N–H and O–H groups in total. The first-order chi connectivity index (χ1) is 16.8. The summed E-state index contributed by atoms with van der Waals surface area (Å²) in [4.78, 5) is 25.4. The number of carboxylic acid groups (broad SMARTS) is 1. The van der Waals surface area contributed by atoms with Crippen LogP contribution in [0.5, 0.6) is 0 Å². The van der Waals surface area contributed by atoms with Crippen molar-refractivity contribution in [2.75, 3.05) is 18.5 Å². The first kappa shape index (κ1) is 24.7. The van der Waals surface area contributed by atoms with Crippen LogP contribution in [0.2, 0.25) is 0 Å². The number of nitrogens with zero attached hydrogens (tertiary/aromatic N) is 1. The summed E-state index contributed by atoms with van der Waals surface area (Å²) in [6.07, 6.45) is 1.67. The summed E-state index contributed by atoms with van der Waals surface area (Å²) >= 11 is 0. The highest BCUT2D eigenvalue weighted by molar-refractivity contribution is 7.55. The molecule has 0 aliphatic heterocycles. The molecule has 35 heavy (non-hydrogen) atoms. The molecule has 0 aliphatic rings. The molecule has 1 aromatic heterocycles. The minimum absolute atomic E-state index is 0.0567. The number of anilines is 1. The number of carbonyl (C=O) groups excluding carboxylic acids is 1. The number of hydrogen-bond donors (Lipinski definition) is 2. The number of aromatic nitrogens is 1. The van der Waals surface area contributed by atoms with E-state index >= 15 is 0 Å². The predicted molar refractivity (Wildman–Crippen MR) is 136 cm³/mol. The Bertz CT molecular complexity index is 1450. The number of aryl methyl sites for hydroxylation is 1. The molecule has 1 atom stereocenters. The molecule has 0 bridgehead atoms. The van der Waals surface area contributed by atoms with E-state index in [1.807, 2.05) is 36.4 Å². The molecule has 1 heterocycles. The highest BCUT2D eigenvalue weighted by Gasteiger charge is 2.44. The zero-order valence-corrected chi connectivity index (χ0v) is 20.6. The van der Waals surface area contributed by atoms with Crippen molar-refractivity contribution in [3.8, 4) is 0 Å². The summed E-state index contributed by atoms with van der Waals surface area (Å²) < 4.78 is 27.0. The Kier molecular flexibility index (Phi) is 7.08. The molecule has 1 unspecified atom stereocenters. The van der Waals surface area contributed by atoms with Crippen molar-refractivity contribution < 1.29 is 28.3 Å². The van der Waals surface area contributed by atoms with Gasteiger partial charge in [0.1, 0.15) is 0 Å². The van der Waals surface area contributed by atoms with E-state index in [0.717, 1.165) is 10.8 Å². The van der Waals surface area contributed by atoms with Crippen molar-refractivity contribution in [2.24, 2.45) is 7.05 Å². The average Bonchev–Trinajstić information content (AvgIpc) is 3.14. The standard InChI is InChI=1S/C26H27N2O6P/c1-4-33-35(32,34-5-2)24(22-16-28(3)23-13-11-19(26(30)31)15-21(22)23)25(29)27-20-12-10-17-8-6-7-9-18(17)14-20/h6-16,24H,4-5H2,1-3H3,(H,27,29)(H,30,31). The second-order valence-corrected chi connectivity index (χ2v) is 10.2. The fourth-order valence-corrected chi connectivity index (χ4v) is 6.24. The fraction of sp³-hybridized carbons (Fsp3) is 0.231. The third kappa shape index (κ3) is 4.86. The number of fused-ring (bicyclic) bond motifs is 2. The highest BCUT2D eigenvalue weighted by atomic mass is 31.2. The van der Waals surface area contributed by atoms with Gasteiger partial charge in [0.15, 0.2) is 5.66 Å². The van der Waals surface area contributed by atoms with Gasteiger partial charge >= 0.3 is 13.6 Å². The molecule has 9 heteroatoms. The third-order valence-electron chi connectivity index (χ3n) is 5.76. The lowest BCUT2D eigenvalue weighted by Gasteiger charge is -2.25. The highest BCUT2D eigenvalue weighted by Crippen LogP contribution is 2.62. The normalized spacial score (nSPS) is 12.7. The van der Waals surface area contributed by atoms with E-state index in [9.17, 15) is 19.3 Å². The molecule has 0 spiro atoms. The number of amides is 1. The van der Waals surface area contributed by atoms with Gasteiger partial charge < -0.3 is 24.0 Å². The zero-order chi connectivity index (χ0) is 25.2. The van der Waals surface area contributed by atoms with Gasteiger partial charge in [0.25, 0.3) is 0 Å². The molecule has 4 rings (SSSR count). The maximum Gasteiger partial charge on any atom is 0.347 e. The maximum atomic E-state index is 14.0. The van der Waals surface area contributed by atoms with Crippen LogP contribution in [0.1, 0.15) is 35.4 Å². The minimum Gasteiger partial charge on any atom is -0.478 e. The summed E-state index contributed by atoms with van der Waals surface area (Å²) in [5, 5.41) is 14.8. The van der Waals surface area contributed by atoms with Crippen molar-refractivity contribution in [2.45, 2.75) is 19.5 Å². The number of carboxylic acids is 1. The molecule has 0 radical (unpaired) electrons. The molecular weight excluding hydrogens is 467 g/mol. The Labute approximate surface area is 203 Å². The van der Waals surface area contributed by atoms with Gasteiger partial charge in [-0.05, 0) is 55.0 Å². The SMILES string of the molecule is CCOP(=O)(OCC)C(C(=O)Nc1ccc2ccccc2c1)c1cn(C)c2ccc(C(=O)O)cc12. The molecule has 0 fully saturated rings. The smallest absolute Gasteiger partial charge is 0.347 e. The van der Waals surface area contributed by atoms with E-state index < -0.39 is 25.1 Å². The van der Waals surface area contributed by atoms with Crippen LogP contribution in [0.3, 0.4) is 0 Å². The summed E-state index contributed by atoms with van der Waals surface area (Å²) in [6, 6.07) is 17.9. The maximum absolute atomic E-state index is 14.0. The van der Waals surface area contributed by atoms with Gasteiger partial charge in [0, 0.05) is 35.4 Å². The number of aromatic carboxylic acids is 1. The van der Waals surface area contributed by atoms with E-state index in [1.165, 1.54) is 12.1 Å². The molecule has 0 saturated heterocycles. The number of benzene rings is 3. The van der Waals surface area contributed by atoms with Crippen LogP contribution in [-0.4, -0.2) is 34.8 Å². The number of nitrogens with one attached hydrogen (secondary N) is 1. The van der Waals surface area contributed by atoms with Crippen LogP contribution in [0, 0.1) is 0 Å². The lowest BCUT2D eigenvalue weighted by Crippen LogP contribution is -2.23. The Morgan fingerprint density at radius 3 is 2.34 bits per heavy atom. The van der Waals surface area contributed by atoms with Gasteiger partial charge in [-0.25, -0.2) is 4.79 Å². The van der Waals surface area contributed by atoms with Crippen molar-refractivity contribution in [3.63, 3.8) is 0 Å². The predicted octanol–water partition coefficient (Wildman–Crippen LogP) is 5.98. The van der Waals surface area contributed by atoms with Gasteiger partial charge in [-0.1, -0.05) is 30.3 Å².